The molecule has 0 spiro atoms. The number of carboxylic acid groups (broad SMARTS) is 1. The summed E-state index contributed by atoms with van der Waals surface area (Å²) in [4.78, 5) is 8.89. The molecule has 8 heavy (non-hydrogen) atoms. The maximum absolute atomic E-state index is 8.89. The summed E-state index contributed by atoms with van der Waals surface area (Å²) < 4.78 is 0. The Labute approximate surface area is 68.9 Å². The van der Waals surface area contributed by atoms with Crippen LogP contribution in [-0.4, -0.2) is 22.4 Å². The van der Waals surface area contributed by atoms with Crippen molar-refractivity contribution in [3.8, 4) is 0 Å². The van der Waals surface area contributed by atoms with Gasteiger partial charge in [-0.05, 0) is 6.92 Å². The topological polar surface area (TPSA) is 135 Å². The molecule has 0 rings (SSSR count). The average Bonchev–Trinajstić information content (AvgIpc) is 0.811. The van der Waals surface area contributed by atoms with E-state index in [4.69, 9.17) is 9.90 Å². The standard InChI is InChI=1S/C2H4O2.Na.3H2O/c1-2(3)4;;;;/h1H3,(H,3,4);;3*1H2/q;+1;;;/p-1/i1+1;;;;. The molecule has 0 saturated carbocycles. The van der Waals surface area contributed by atoms with Gasteiger partial charge in [0.05, 0.1) is 0 Å². The Morgan fingerprint density at radius 3 is 1.25 bits per heavy atom. The zero-order valence-corrected chi connectivity index (χ0v) is 6.82. The van der Waals surface area contributed by atoms with Gasteiger partial charge in [0.1, 0.15) is 0 Å². The Morgan fingerprint density at radius 2 is 1.25 bits per heavy atom. The number of carbonyl (C=O) groups is 1. The minimum Gasteiger partial charge on any atom is -0.550 e. The van der Waals surface area contributed by atoms with Gasteiger partial charge in [-0.2, -0.15) is 0 Å². The first-order valence-electron chi connectivity index (χ1n) is 0.908. The molecule has 0 aliphatic heterocycles. The van der Waals surface area contributed by atoms with Gasteiger partial charge in [0.2, 0.25) is 0 Å². The van der Waals surface area contributed by atoms with Crippen molar-refractivity contribution in [1.29, 1.82) is 0 Å². The van der Waals surface area contributed by atoms with Crippen LogP contribution < -0.4 is 34.7 Å². The third-order valence-electron chi connectivity index (χ3n) is 0. The second-order valence-corrected chi connectivity index (χ2v) is 0.492. The van der Waals surface area contributed by atoms with E-state index in [-0.39, 0.29) is 46.0 Å². The summed E-state index contributed by atoms with van der Waals surface area (Å²) in [6.07, 6.45) is 0. The van der Waals surface area contributed by atoms with Gasteiger partial charge >= 0.3 is 29.6 Å². The Hall–Kier alpha value is 0.350. The van der Waals surface area contributed by atoms with E-state index in [1.54, 1.807) is 0 Å². The first-order valence-corrected chi connectivity index (χ1v) is 0.908. The molecule has 5 nitrogen and oxygen atoms in total. The van der Waals surface area contributed by atoms with E-state index in [1.807, 2.05) is 0 Å². The fourth-order valence-electron chi connectivity index (χ4n) is 0. The van der Waals surface area contributed by atoms with Gasteiger partial charge in [0.15, 0.2) is 0 Å². The molecule has 0 aromatic carbocycles. The summed E-state index contributed by atoms with van der Waals surface area (Å²) in [6, 6.07) is 0. The van der Waals surface area contributed by atoms with Crippen LogP contribution in [0.2, 0.25) is 0 Å². The molecule has 0 heterocycles. The molecule has 48 valence electrons. The third kappa shape index (κ3) is 1480. The maximum atomic E-state index is 8.89. The van der Waals surface area contributed by atoms with Crippen molar-refractivity contribution in [3.05, 3.63) is 0 Å². The zero-order valence-electron chi connectivity index (χ0n) is 4.82. The van der Waals surface area contributed by atoms with Gasteiger partial charge in [-0.1, -0.05) is 0 Å². The van der Waals surface area contributed by atoms with Crippen molar-refractivity contribution in [2.75, 3.05) is 0 Å². The van der Waals surface area contributed by atoms with Crippen molar-refractivity contribution in [1.82, 2.24) is 0 Å². The molecule has 0 aliphatic carbocycles. The Kier molecular flexibility index (Phi) is 133. The predicted molar refractivity (Wildman–Crippen MR) is 21.5 cm³/mol. The minimum atomic E-state index is -1.08. The predicted octanol–water partition coefficient (Wildman–Crippen LogP) is -6.71. The van der Waals surface area contributed by atoms with Crippen LogP contribution in [0.15, 0.2) is 0 Å². The first-order chi connectivity index (χ1) is 1.73. The summed E-state index contributed by atoms with van der Waals surface area (Å²) in [5.74, 6) is -1.08. The number of hydrogen-bond acceptors (Lipinski definition) is 2. The van der Waals surface area contributed by atoms with Crippen LogP contribution >= 0.6 is 0 Å². The van der Waals surface area contributed by atoms with Crippen LogP contribution in [0.5, 0.6) is 0 Å². The largest absolute Gasteiger partial charge is 1.00 e. The molecule has 0 unspecified atom stereocenters. The number of hydrogen-bond donors (Lipinski definition) is 0. The summed E-state index contributed by atoms with van der Waals surface area (Å²) in [6.45, 7) is 0.972. The van der Waals surface area contributed by atoms with Crippen LogP contribution in [0, 0.1) is 0 Å². The van der Waals surface area contributed by atoms with Crippen LogP contribution in [0.1, 0.15) is 6.92 Å². The molecule has 0 radical (unpaired) electrons. The van der Waals surface area contributed by atoms with Gasteiger partial charge < -0.3 is 26.3 Å². The van der Waals surface area contributed by atoms with Gasteiger partial charge in [-0.25, -0.2) is 0 Å². The Balaban J connectivity index is -0.00000000750. The van der Waals surface area contributed by atoms with E-state index in [0.29, 0.717) is 0 Å². The molecule has 0 fully saturated rings. The molecule has 0 bridgehead atoms. The monoisotopic (exact) mass is 137 g/mol. The van der Waals surface area contributed by atoms with E-state index < -0.39 is 5.97 Å². The van der Waals surface area contributed by atoms with Crippen LogP contribution in [0.3, 0.4) is 0 Å². The molecule has 0 saturated heterocycles. The summed E-state index contributed by atoms with van der Waals surface area (Å²) in [7, 11) is 0. The normalized spacial score (nSPS) is 3.12. The van der Waals surface area contributed by atoms with Crippen LogP contribution in [0.25, 0.3) is 0 Å². The molecular formula is C2H9NaO5. The summed E-state index contributed by atoms with van der Waals surface area (Å²) in [5.41, 5.74) is 0. The average molecular weight is 137 g/mol. The first kappa shape index (κ1) is 40.2. The molecule has 0 atom stereocenters. The molecule has 0 aromatic heterocycles. The molecule has 6 N–H and O–H groups in total. The van der Waals surface area contributed by atoms with Crippen molar-refractivity contribution in [2.24, 2.45) is 0 Å². The van der Waals surface area contributed by atoms with Crippen LogP contribution in [0.4, 0.5) is 0 Å². The quantitative estimate of drug-likeness (QED) is 0.242. The number of rotatable bonds is 0. The van der Waals surface area contributed by atoms with Gasteiger partial charge in [-0.3, -0.25) is 0 Å². The number of carbonyl (C=O) groups excluding carboxylic acids is 1. The maximum Gasteiger partial charge on any atom is 1.00 e. The number of aliphatic carboxylic acids is 1. The fourth-order valence-corrected chi connectivity index (χ4v) is 0. The fraction of sp³-hybridized carbons (Fsp3) is 0.500. The van der Waals surface area contributed by atoms with E-state index in [9.17, 15) is 0 Å². The summed E-state index contributed by atoms with van der Waals surface area (Å²) in [5, 5.41) is 8.89. The molecule has 0 aliphatic rings. The second-order valence-electron chi connectivity index (χ2n) is 0.492. The second kappa shape index (κ2) is 26.4. The van der Waals surface area contributed by atoms with Crippen molar-refractivity contribution >= 4 is 5.97 Å². The van der Waals surface area contributed by atoms with Gasteiger partial charge in [0, 0.05) is 5.97 Å². The molecule has 6 heteroatoms. The molecule has 0 aromatic rings. The van der Waals surface area contributed by atoms with Gasteiger partial charge in [-0.15, -0.1) is 0 Å². The van der Waals surface area contributed by atoms with Crippen LogP contribution in [-0.2, 0) is 4.79 Å². The van der Waals surface area contributed by atoms with Crippen molar-refractivity contribution < 1.29 is 55.9 Å². The molecule has 0 amide bonds. The zero-order chi connectivity index (χ0) is 3.58. The number of carboxylic acids is 1. The van der Waals surface area contributed by atoms with E-state index >= 15 is 0 Å². The van der Waals surface area contributed by atoms with E-state index in [0.717, 1.165) is 6.92 Å². The van der Waals surface area contributed by atoms with Crippen molar-refractivity contribution in [2.45, 2.75) is 6.92 Å². The smallest absolute Gasteiger partial charge is 0.550 e. The molecular weight excluding hydrogens is 128 g/mol. The van der Waals surface area contributed by atoms with Gasteiger partial charge in [0.25, 0.3) is 0 Å². The van der Waals surface area contributed by atoms with Crippen molar-refractivity contribution in [3.63, 3.8) is 0 Å². The Bertz CT molecular complexity index is 33.4. The summed E-state index contributed by atoms with van der Waals surface area (Å²) >= 11 is 0. The SMILES string of the molecule is O.O.O.[13CH3]C(=O)[O-].[Na+]. The van der Waals surface area contributed by atoms with E-state index in [2.05, 4.69) is 0 Å². The third-order valence-corrected chi connectivity index (χ3v) is 0. The minimum absolute atomic E-state index is 0. The van der Waals surface area contributed by atoms with E-state index in [1.165, 1.54) is 0 Å². The Morgan fingerprint density at radius 1 is 1.25 bits per heavy atom.